The molecule has 0 aliphatic heterocycles. The standard InChI is InChI=1S/C12H27NO2S/c1-11(7-6-10-16(5,14)15)8-9-13-12(2,3)4/h11,13H,6-10H2,1-5H3. The van der Waals surface area contributed by atoms with Crippen molar-refractivity contribution >= 4 is 9.84 Å². The molecule has 0 rings (SSSR count). The van der Waals surface area contributed by atoms with Crippen molar-refractivity contribution in [3.05, 3.63) is 0 Å². The summed E-state index contributed by atoms with van der Waals surface area (Å²) >= 11 is 0. The zero-order valence-electron chi connectivity index (χ0n) is 11.3. The molecule has 4 heteroatoms. The molecule has 0 aromatic rings. The molecule has 0 saturated carbocycles. The van der Waals surface area contributed by atoms with Gasteiger partial charge in [0.25, 0.3) is 0 Å². The molecule has 0 heterocycles. The van der Waals surface area contributed by atoms with E-state index in [0.717, 1.165) is 25.8 Å². The summed E-state index contributed by atoms with van der Waals surface area (Å²) < 4.78 is 21.9. The molecule has 3 nitrogen and oxygen atoms in total. The molecule has 0 spiro atoms. The van der Waals surface area contributed by atoms with E-state index in [2.05, 4.69) is 33.0 Å². The van der Waals surface area contributed by atoms with Crippen molar-refractivity contribution < 1.29 is 8.42 Å². The molecule has 0 amide bonds. The second-order valence-electron chi connectivity index (χ2n) is 5.84. The minimum atomic E-state index is -2.78. The molecule has 16 heavy (non-hydrogen) atoms. The first-order valence-electron chi connectivity index (χ1n) is 6.03. The molecule has 0 bridgehead atoms. The van der Waals surface area contributed by atoms with E-state index in [1.807, 2.05) is 0 Å². The smallest absolute Gasteiger partial charge is 0.147 e. The van der Waals surface area contributed by atoms with Crippen molar-refractivity contribution in [1.29, 1.82) is 0 Å². The van der Waals surface area contributed by atoms with Gasteiger partial charge in [-0.05, 0) is 52.5 Å². The van der Waals surface area contributed by atoms with E-state index in [0.29, 0.717) is 11.7 Å². The van der Waals surface area contributed by atoms with Gasteiger partial charge in [-0.2, -0.15) is 0 Å². The van der Waals surface area contributed by atoms with E-state index >= 15 is 0 Å². The van der Waals surface area contributed by atoms with Crippen LogP contribution in [0.4, 0.5) is 0 Å². The molecule has 0 aromatic heterocycles. The number of hydrogen-bond acceptors (Lipinski definition) is 3. The summed E-state index contributed by atoms with van der Waals surface area (Å²) in [6.07, 6.45) is 4.20. The van der Waals surface area contributed by atoms with Crippen LogP contribution in [0.2, 0.25) is 0 Å². The molecule has 0 saturated heterocycles. The van der Waals surface area contributed by atoms with Gasteiger partial charge in [0.2, 0.25) is 0 Å². The van der Waals surface area contributed by atoms with Crippen LogP contribution in [-0.4, -0.2) is 32.5 Å². The van der Waals surface area contributed by atoms with Crippen LogP contribution >= 0.6 is 0 Å². The fourth-order valence-corrected chi connectivity index (χ4v) is 2.22. The first-order chi connectivity index (χ1) is 7.10. The quantitative estimate of drug-likeness (QED) is 0.752. The summed E-state index contributed by atoms with van der Waals surface area (Å²) in [7, 11) is -2.78. The Kier molecular flexibility index (Phi) is 6.56. The lowest BCUT2D eigenvalue weighted by Crippen LogP contribution is -2.36. The van der Waals surface area contributed by atoms with E-state index in [1.54, 1.807) is 0 Å². The number of hydrogen-bond donors (Lipinski definition) is 1. The van der Waals surface area contributed by atoms with Gasteiger partial charge in [0.05, 0.1) is 0 Å². The van der Waals surface area contributed by atoms with Gasteiger partial charge < -0.3 is 5.32 Å². The van der Waals surface area contributed by atoms with Gasteiger partial charge in [0.1, 0.15) is 9.84 Å². The molecule has 1 N–H and O–H groups in total. The van der Waals surface area contributed by atoms with Crippen LogP contribution in [0.15, 0.2) is 0 Å². The van der Waals surface area contributed by atoms with Crippen molar-refractivity contribution in [1.82, 2.24) is 5.32 Å². The van der Waals surface area contributed by atoms with Crippen LogP contribution in [0, 0.1) is 5.92 Å². The van der Waals surface area contributed by atoms with Crippen molar-refractivity contribution in [2.75, 3.05) is 18.6 Å². The maximum absolute atomic E-state index is 10.9. The predicted octanol–water partition coefficient (Wildman–Crippen LogP) is 2.23. The molecule has 0 fully saturated rings. The largest absolute Gasteiger partial charge is 0.312 e. The lowest BCUT2D eigenvalue weighted by atomic mass is 10.0. The lowest BCUT2D eigenvalue weighted by Gasteiger charge is -2.21. The average Bonchev–Trinajstić information content (AvgIpc) is 1.98. The summed E-state index contributed by atoms with van der Waals surface area (Å²) in [6.45, 7) is 9.65. The van der Waals surface area contributed by atoms with Gasteiger partial charge in [0, 0.05) is 17.5 Å². The molecule has 0 aliphatic rings. The number of sulfone groups is 1. The van der Waals surface area contributed by atoms with E-state index in [1.165, 1.54) is 6.26 Å². The molecular weight excluding hydrogens is 222 g/mol. The Bertz CT molecular complexity index is 278. The van der Waals surface area contributed by atoms with Gasteiger partial charge in [-0.1, -0.05) is 6.92 Å². The van der Waals surface area contributed by atoms with E-state index in [9.17, 15) is 8.42 Å². The number of nitrogens with one attached hydrogen (secondary N) is 1. The van der Waals surface area contributed by atoms with Crippen molar-refractivity contribution in [2.24, 2.45) is 5.92 Å². The van der Waals surface area contributed by atoms with Crippen LogP contribution in [-0.2, 0) is 9.84 Å². The van der Waals surface area contributed by atoms with Gasteiger partial charge in [-0.3, -0.25) is 0 Å². The van der Waals surface area contributed by atoms with Crippen LogP contribution in [0.25, 0.3) is 0 Å². The second kappa shape index (κ2) is 6.60. The lowest BCUT2D eigenvalue weighted by molar-refractivity contribution is 0.385. The minimum absolute atomic E-state index is 0.173. The van der Waals surface area contributed by atoms with Gasteiger partial charge in [-0.25, -0.2) is 8.42 Å². The van der Waals surface area contributed by atoms with E-state index in [4.69, 9.17) is 0 Å². The zero-order chi connectivity index (χ0) is 12.8. The first kappa shape index (κ1) is 15.9. The Morgan fingerprint density at radius 1 is 1.19 bits per heavy atom. The molecule has 98 valence electrons. The van der Waals surface area contributed by atoms with Gasteiger partial charge in [-0.15, -0.1) is 0 Å². The normalized spacial score (nSPS) is 15.1. The predicted molar refractivity (Wildman–Crippen MR) is 70.5 cm³/mol. The Hall–Kier alpha value is -0.0900. The topological polar surface area (TPSA) is 46.2 Å². The van der Waals surface area contributed by atoms with Crippen molar-refractivity contribution in [3.63, 3.8) is 0 Å². The highest BCUT2D eigenvalue weighted by Gasteiger charge is 2.10. The summed E-state index contributed by atoms with van der Waals surface area (Å²) in [4.78, 5) is 0. The maximum Gasteiger partial charge on any atom is 0.147 e. The Labute approximate surface area is 101 Å². The third-order valence-corrected chi connectivity index (χ3v) is 3.53. The highest BCUT2D eigenvalue weighted by Crippen LogP contribution is 2.11. The average molecular weight is 249 g/mol. The monoisotopic (exact) mass is 249 g/mol. The van der Waals surface area contributed by atoms with Crippen LogP contribution in [0.1, 0.15) is 47.0 Å². The Morgan fingerprint density at radius 3 is 2.19 bits per heavy atom. The van der Waals surface area contributed by atoms with Crippen molar-refractivity contribution in [3.8, 4) is 0 Å². The maximum atomic E-state index is 10.9. The third kappa shape index (κ3) is 12.0. The minimum Gasteiger partial charge on any atom is -0.312 e. The molecule has 1 unspecified atom stereocenters. The zero-order valence-corrected chi connectivity index (χ0v) is 12.2. The van der Waals surface area contributed by atoms with E-state index in [-0.39, 0.29) is 5.54 Å². The van der Waals surface area contributed by atoms with Crippen LogP contribution in [0.5, 0.6) is 0 Å². The molecule has 0 radical (unpaired) electrons. The highest BCUT2D eigenvalue weighted by molar-refractivity contribution is 7.90. The second-order valence-corrected chi connectivity index (χ2v) is 8.10. The molecular formula is C12H27NO2S. The summed E-state index contributed by atoms with van der Waals surface area (Å²) in [5.74, 6) is 0.918. The van der Waals surface area contributed by atoms with Crippen LogP contribution in [0.3, 0.4) is 0 Å². The Balaban J connectivity index is 3.57. The van der Waals surface area contributed by atoms with Gasteiger partial charge in [0.15, 0.2) is 0 Å². The first-order valence-corrected chi connectivity index (χ1v) is 8.09. The van der Waals surface area contributed by atoms with Crippen molar-refractivity contribution in [2.45, 2.75) is 52.5 Å². The molecule has 0 aliphatic carbocycles. The van der Waals surface area contributed by atoms with E-state index < -0.39 is 9.84 Å². The number of rotatable bonds is 7. The summed E-state index contributed by atoms with van der Waals surface area (Å²) in [6, 6.07) is 0. The van der Waals surface area contributed by atoms with Crippen LogP contribution < -0.4 is 5.32 Å². The molecule has 0 aromatic carbocycles. The fraction of sp³-hybridized carbons (Fsp3) is 1.00. The SMILES string of the molecule is CC(CCCS(C)(=O)=O)CCNC(C)(C)C. The summed E-state index contributed by atoms with van der Waals surface area (Å²) in [5, 5.41) is 3.44. The fourth-order valence-electron chi connectivity index (χ4n) is 1.53. The summed E-state index contributed by atoms with van der Waals surface area (Å²) in [5.41, 5.74) is 0.173. The third-order valence-electron chi connectivity index (χ3n) is 2.50. The van der Waals surface area contributed by atoms with Gasteiger partial charge >= 0.3 is 0 Å². The Morgan fingerprint density at radius 2 is 1.75 bits per heavy atom. The molecule has 1 atom stereocenters. The highest BCUT2D eigenvalue weighted by atomic mass is 32.2.